The number of terminal acetylenes is 1. The molecule has 0 aliphatic rings. The Bertz CT molecular complexity index is 622. The Morgan fingerprint density at radius 2 is 2.11 bits per heavy atom. The SMILES string of the molecule is C#CC(C)(C)NS(=O)(=O)c1c(C(=O)O)n[nH]c1C. The van der Waals surface area contributed by atoms with Crippen LogP contribution in [0.2, 0.25) is 0 Å². The van der Waals surface area contributed by atoms with Gasteiger partial charge >= 0.3 is 5.97 Å². The Balaban J connectivity index is 3.35. The summed E-state index contributed by atoms with van der Waals surface area (Å²) in [6.07, 6.45) is 5.19. The van der Waals surface area contributed by atoms with Crippen molar-refractivity contribution < 1.29 is 18.3 Å². The second-order valence-corrected chi connectivity index (χ2v) is 5.83. The lowest BCUT2D eigenvalue weighted by Gasteiger charge is -2.19. The molecule has 0 saturated carbocycles. The number of nitrogens with one attached hydrogen (secondary N) is 2. The molecule has 3 N–H and O–H groups in total. The molecule has 0 saturated heterocycles. The summed E-state index contributed by atoms with van der Waals surface area (Å²) in [4.78, 5) is 10.5. The number of H-pyrrole nitrogens is 1. The zero-order valence-corrected chi connectivity index (χ0v) is 10.9. The highest BCUT2D eigenvalue weighted by Gasteiger charge is 2.32. The van der Waals surface area contributed by atoms with E-state index in [9.17, 15) is 13.2 Å². The third-order valence-corrected chi connectivity index (χ3v) is 3.93. The van der Waals surface area contributed by atoms with Gasteiger partial charge in [0, 0.05) is 0 Å². The molecule has 0 radical (unpaired) electrons. The number of aryl methyl sites for hydroxylation is 1. The molecule has 0 aromatic carbocycles. The molecule has 0 atom stereocenters. The molecule has 0 aliphatic carbocycles. The first-order valence-corrected chi connectivity index (χ1v) is 6.39. The largest absolute Gasteiger partial charge is 0.476 e. The van der Waals surface area contributed by atoms with Gasteiger partial charge in [0.2, 0.25) is 10.0 Å². The predicted molar refractivity (Wildman–Crippen MR) is 63.5 cm³/mol. The number of carboxylic acids is 1. The minimum Gasteiger partial charge on any atom is -0.476 e. The lowest BCUT2D eigenvalue weighted by atomic mass is 10.1. The molecule has 0 bridgehead atoms. The molecule has 0 spiro atoms. The summed E-state index contributed by atoms with van der Waals surface area (Å²) in [6, 6.07) is 0. The van der Waals surface area contributed by atoms with Crippen molar-refractivity contribution in [3.05, 3.63) is 11.4 Å². The Hall–Kier alpha value is -1.85. The quantitative estimate of drug-likeness (QED) is 0.673. The van der Waals surface area contributed by atoms with Crippen molar-refractivity contribution >= 4 is 16.0 Å². The standard InChI is InChI=1S/C10H13N3O4S/c1-5-10(3,4)13-18(16,17)8-6(2)11-12-7(8)9(14)15/h1,13H,2-4H3,(H,11,12)(H,14,15). The van der Waals surface area contributed by atoms with Gasteiger partial charge in [-0.3, -0.25) is 5.10 Å². The van der Waals surface area contributed by atoms with Gasteiger partial charge in [0.15, 0.2) is 5.69 Å². The first-order valence-electron chi connectivity index (χ1n) is 4.91. The Kier molecular flexibility index (Phi) is 3.50. The van der Waals surface area contributed by atoms with E-state index in [1.807, 2.05) is 0 Å². The second-order valence-electron chi connectivity index (χ2n) is 4.21. The van der Waals surface area contributed by atoms with Crippen molar-refractivity contribution in [1.82, 2.24) is 14.9 Å². The third kappa shape index (κ3) is 2.69. The van der Waals surface area contributed by atoms with E-state index in [1.54, 1.807) is 0 Å². The molecule has 7 nitrogen and oxygen atoms in total. The van der Waals surface area contributed by atoms with Crippen LogP contribution in [0.5, 0.6) is 0 Å². The fourth-order valence-electron chi connectivity index (χ4n) is 1.31. The van der Waals surface area contributed by atoms with Gasteiger partial charge in [0.25, 0.3) is 0 Å². The van der Waals surface area contributed by atoms with Crippen LogP contribution in [0.4, 0.5) is 0 Å². The molecule has 0 unspecified atom stereocenters. The summed E-state index contributed by atoms with van der Waals surface area (Å²) in [5, 5.41) is 14.7. The maximum absolute atomic E-state index is 12.1. The number of aromatic nitrogens is 2. The first kappa shape index (κ1) is 14.2. The molecule has 1 rings (SSSR count). The minimum atomic E-state index is -4.06. The van der Waals surface area contributed by atoms with Gasteiger partial charge in [-0.25, -0.2) is 13.2 Å². The van der Waals surface area contributed by atoms with Crippen LogP contribution >= 0.6 is 0 Å². The number of nitrogens with zero attached hydrogens (tertiary/aromatic N) is 1. The number of sulfonamides is 1. The molecule has 1 aromatic rings. The Labute approximate surface area is 105 Å². The van der Waals surface area contributed by atoms with E-state index >= 15 is 0 Å². The second kappa shape index (κ2) is 4.44. The normalized spacial score (nSPS) is 12.1. The lowest BCUT2D eigenvalue weighted by Crippen LogP contribution is -2.42. The third-order valence-electron chi connectivity index (χ3n) is 2.11. The Morgan fingerprint density at radius 3 is 2.56 bits per heavy atom. The van der Waals surface area contributed by atoms with Crippen molar-refractivity contribution in [3.63, 3.8) is 0 Å². The van der Waals surface area contributed by atoms with Crippen molar-refractivity contribution in [3.8, 4) is 12.3 Å². The van der Waals surface area contributed by atoms with E-state index < -0.39 is 32.1 Å². The van der Waals surface area contributed by atoms with Crippen LogP contribution in [0.1, 0.15) is 30.0 Å². The molecular formula is C10H13N3O4S. The van der Waals surface area contributed by atoms with Crippen molar-refractivity contribution in [2.24, 2.45) is 0 Å². The minimum absolute atomic E-state index is 0.132. The van der Waals surface area contributed by atoms with Gasteiger partial charge in [0.05, 0.1) is 11.2 Å². The van der Waals surface area contributed by atoms with Crippen LogP contribution in [0, 0.1) is 19.3 Å². The maximum Gasteiger partial charge on any atom is 0.357 e. The lowest BCUT2D eigenvalue weighted by molar-refractivity contribution is 0.0686. The van der Waals surface area contributed by atoms with Gasteiger partial charge in [-0.15, -0.1) is 6.42 Å². The molecule has 1 aromatic heterocycles. The van der Waals surface area contributed by atoms with Crippen molar-refractivity contribution in [1.29, 1.82) is 0 Å². The highest BCUT2D eigenvalue weighted by Crippen LogP contribution is 2.19. The highest BCUT2D eigenvalue weighted by atomic mass is 32.2. The van der Waals surface area contributed by atoms with Crippen LogP contribution in [-0.4, -0.2) is 35.2 Å². The molecule has 1 heterocycles. The maximum atomic E-state index is 12.1. The fourth-order valence-corrected chi connectivity index (χ4v) is 2.98. The summed E-state index contributed by atoms with van der Waals surface area (Å²) in [5.74, 6) is 0.827. The number of aromatic amines is 1. The van der Waals surface area contributed by atoms with E-state index in [0.29, 0.717) is 0 Å². The van der Waals surface area contributed by atoms with Crippen LogP contribution in [0.15, 0.2) is 4.90 Å². The Morgan fingerprint density at radius 1 is 1.56 bits per heavy atom. The first-order chi connectivity index (χ1) is 8.10. The topological polar surface area (TPSA) is 112 Å². The summed E-state index contributed by atoms with van der Waals surface area (Å²) < 4.78 is 26.4. The summed E-state index contributed by atoms with van der Waals surface area (Å²) in [6.45, 7) is 4.39. The van der Waals surface area contributed by atoms with Crippen LogP contribution in [0.25, 0.3) is 0 Å². The average Bonchev–Trinajstić information content (AvgIpc) is 2.59. The molecule has 0 fully saturated rings. The van der Waals surface area contributed by atoms with Crippen molar-refractivity contribution in [2.45, 2.75) is 31.2 Å². The number of hydrogen-bond acceptors (Lipinski definition) is 4. The number of carboxylic acid groups (broad SMARTS) is 1. The van der Waals surface area contributed by atoms with Gasteiger partial charge in [-0.1, -0.05) is 5.92 Å². The van der Waals surface area contributed by atoms with E-state index in [0.717, 1.165) is 0 Å². The molecule has 0 amide bonds. The molecular weight excluding hydrogens is 258 g/mol. The number of aromatic carboxylic acids is 1. The van der Waals surface area contributed by atoms with Crippen molar-refractivity contribution in [2.75, 3.05) is 0 Å². The van der Waals surface area contributed by atoms with Crippen LogP contribution in [-0.2, 0) is 10.0 Å². The average molecular weight is 271 g/mol. The van der Waals surface area contributed by atoms with Crippen LogP contribution in [0.3, 0.4) is 0 Å². The van der Waals surface area contributed by atoms with Gasteiger partial charge in [-0.2, -0.15) is 9.82 Å². The van der Waals surface area contributed by atoms with E-state index in [2.05, 4.69) is 20.8 Å². The van der Waals surface area contributed by atoms with E-state index in [-0.39, 0.29) is 5.69 Å². The van der Waals surface area contributed by atoms with Gasteiger partial charge in [-0.05, 0) is 20.8 Å². The molecule has 8 heteroatoms. The highest BCUT2D eigenvalue weighted by molar-refractivity contribution is 7.89. The zero-order chi connectivity index (χ0) is 14.1. The summed E-state index contributed by atoms with van der Waals surface area (Å²) >= 11 is 0. The number of hydrogen-bond donors (Lipinski definition) is 3. The predicted octanol–water partition coefficient (Wildman–Crippen LogP) is 0.106. The fraction of sp³-hybridized carbons (Fsp3) is 0.400. The monoisotopic (exact) mass is 271 g/mol. The molecule has 0 aliphatic heterocycles. The van der Waals surface area contributed by atoms with E-state index in [4.69, 9.17) is 11.5 Å². The summed E-state index contributed by atoms with van der Waals surface area (Å²) in [5.41, 5.74) is -1.56. The van der Waals surface area contributed by atoms with Crippen LogP contribution < -0.4 is 4.72 Å². The number of carbonyl (C=O) groups is 1. The van der Waals surface area contributed by atoms with Gasteiger partial charge in [0.1, 0.15) is 4.90 Å². The molecule has 98 valence electrons. The zero-order valence-electron chi connectivity index (χ0n) is 10.1. The van der Waals surface area contributed by atoms with Gasteiger partial charge < -0.3 is 5.11 Å². The smallest absolute Gasteiger partial charge is 0.357 e. The molecule has 18 heavy (non-hydrogen) atoms. The van der Waals surface area contributed by atoms with E-state index in [1.165, 1.54) is 20.8 Å². The number of rotatable bonds is 4. The summed E-state index contributed by atoms with van der Waals surface area (Å²) in [7, 11) is -4.06.